The highest BCUT2D eigenvalue weighted by molar-refractivity contribution is 5.89. The molecule has 1 amide bonds. The molecule has 0 atom stereocenters. The molecule has 1 heterocycles. The molecule has 0 radical (unpaired) electrons. The summed E-state index contributed by atoms with van der Waals surface area (Å²) < 4.78 is 10.2. The lowest BCUT2D eigenvalue weighted by atomic mass is 10.1. The summed E-state index contributed by atoms with van der Waals surface area (Å²) in [6, 6.07) is 7.35. The highest BCUT2D eigenvalue weighted by atomic mass is 16.5. The van der Waals surface area contributed by atoms with Crippen LogP contribution >= 0.6 is 0 Å². The molecule has 0 unspecified atom stereocenters. The summed E-state index contributed by atoms with van der Waals surface area (Å²) in [6.07, 6.45) is 6.12. The second-order valence-corrected chi connectivity index (χ2v) is 5.12. The molecule has 0 bridgehead atoms. The summed E-state index contributed by atoms with van der Waals surface area (Å²) in [4.78, 5) is 25.3. The third kappa shape index (κ3) is 4.62. The average Bonchev–Trinajstić information content (AvgIpc) is 2.58. The van der Waals surface area contributed by atoms with Crippen molar-refractivity contribution in [3.05, 3.63) is 35.9 Å². The van der Waals surface area contributed by atoms with Crippen LogP contribution in [0.2, 0.25) is 0 Å². The Labute approximate surface area is 130 Å². The van der Waals surface area contributed by atoms with Gasteiger partial charge in [-0.25, -0.2) is 4.79 Å². The molecule has 1 aromatic rings. The first-order chi connectivity index (χ1) is 10.7. The van der Waals surface area contributed by atoms with Gasteiger partial charge < -0.3 is 14.4 Å². The topological polar surface area (TPSA) is 55.8 Å². The lowest BCUT2D eigenvalue weighted by Crippen LogP contribution is -2.38. The van der Waals surface area contributed by atoms with Crippen LogP contribution in [0.4, 0.5) is 0 Å². The quantitative estimate of drug-likeness (QED) is 0.618. The summed E-state index contributed by atoms with van der Waals surface area (Å²) in [5.41, 5.74) is 0.782. The molecular weight excluding hydrogens is 282 g/mol. The molecular formula is C17H21NO4. The zero-order chi connectivity index (χ0) is 15.8. The van der Waals surface area contributed by atoms with Gasteiger partial charge in [-0.15, -0.1) is 0 Å². The number of likely N-dealkylation sites (tertiary alicyclic amines) is 1. The van der Waals surface area contributed by atoms with Gasteiger partial charge >= 0.3 is 5.97 Å². The van der Waals surface area contributed by atoms with E-state index in [-0.39, 0.29) is 12.5 Å². The van der Waals surface area contributed by atoms with E-state index in [0.717, 1.165) is 37.9 Å². The molecule has 22 heavy (non-hydrogen) atoms. The summed E-state index contributed by atoms with van der Waals surface area (Å²) in [5, 5.41) is 0. The van der Waals surface area contributed by atoms with Crippen molar-refractivity contribution in [3.63, 3.8) is 0 Å². The number of rotatable bonds is 5. The number of piperidine rings is 1. The molecule has 1 aromatic carbocycles. The molecule has 5 heteroatoms. The number of hydrogen-bond acceptors (Lipinski definition) is 4. The van der Waals surface area contributed by atoms with E-state index < -0.39 is 5.97 Å². The normalized spacial score (nSPS) is 14.9. The minimum absolute atomic E-state index is 0.126. The van der Waals surface area contributed by atoms with Crippen molar-refractivity contribution in [2.75, 3.05) is 26.8 Å². The van der Waals surface area contributed by atoms with E-state index in [1.165, 1.54) is 6.08 Å². The van der Waals surface area contributed by atoms with E-state index in [0.29, 0.717) is 5.75 Å². The SMILES string of the molecule is COc1ccccc1C=CC(=O)OCC(=O)N1CCCCC1. The molecule has 0 spiro atoms. The summed E-state index contributed by atoms with van der Waals surface area (Å²) >= 11 is 0. The Morgan fingerprint density at radius 2 is 1.91 bits per heavy atom. The maximum absolute atomic E-state index is 11.9. The van der Waals surface area contributed by atoms with Gasteiger partial charge in [0.05, 0.1) is 7.11 Å². The van der Waals surface area contributed by atoms with Crippen LogP contribution in [0.1, 0.15) is 24.8 Å². The van der Waals surface area contributed by atoms with Crippen LogP contribution in [0.25, 0.3) is 6.08 Å². The maximum Gasteiger partial charge on any atom is 0.331 e. The molecule has 1 fully saturated rings. The lowest BCUT2D eigenvalue weighted by molar-refractivity contribution is -0.148. The first kappa shape index (κ1) is 16.1. The van der Waals surface area contributed by atoms with E-state index in [1.54, 1.807) is 18.1 Å². The van der Waals surface area contributed by atoms with Crippen molar-refractivity contribution in [3.8, 4) is 5.75 Å². The minimum atomic E-state index is -0.531. The largest absolute Gasteiger partial charge is 0.496 e. The average molecular weight is 303 g/mol. The second-order valence-electron chi connectivity index (χ2n) is 5.12. The molecule has 5 nitrogen and oxygen atoms in total. The van der Waals surface area contributed by atoms with E-state index in [2.05, 4.69) is 0 Å². The molecule has 0 N–H and O–H groups in total. The lowest BCUT2D eigenvalue weighted by Gasteiger charge is -2.26. The smallest absolute Gasteiger partial charge is 0.331 e. The number of amides is 1. The fourth-order valence-corrected chi connectivity index (χ4v) is 2.38. The Bertz CT molecular complexity index is 547. The number of hydrogen-bond donors (Lipinski definition) is 0. The van der Waals surface area contributed by atoms with Gasteiger partial charge in [0.1, 0.15) is 5.75 Å². The van der Waals surface area contributed by atoms with Crippen molar-refractivity contribution < 1.29 is 19.1 Å². The van der Waals surface area contributed by atoms with Crippen molar-refractivity contribution in [1.29, 1.82) is 0 Å². The Morgan fingerprint density at radius 3 is 2.64 bits per heavy atom. The van der Waals surface area contributed by atoms with Gasteiger partial charge in [0.15, 0.2) is 6.61 Å². The van der Waals surface area contributed by atoms with E-state index >= 15 is 0 Å². The summed E-state index contributed by atoms with van der Waals surface area (Å²) in [7, 11) is 1.57. The standard InChI is InChI=1S/C17H21NO4/c1-21-15-8-4-3-7-14(15)9-10-17(20)22-13-16(19)18-11-5-2-6-12-18/h3-4,7-10H,2,5-6,11-13H2,1H3. The van der Waals surface area contributed by atoms with Crippen LogP contribution in [0.3, 0.4) is 0 Å². The van der Waals surface area contributed by atoms with Crippen molar-refractivity contribution in [2.24, 2.45) is 0 Å². The zero-order valence-electron chi connectivity index (χ0n) is 12.8. The summed E-state index contributed by atoms with van der Waals surface area (Å²) in [5.74, 6) is 0.0194. The van der Waals surface area contributed by atoms with Gasteiger partial charge in [-0.3, -0.25) is 4.79 Å². The first-order valence-corrected chi connectivity index (χ1v) is 7.46. The molecule has 0 saturated carbocycles. The van der Waals surface area contributed by atoms with Crippen LogP contribution in [-0.4, -0.2) is 43.6 Å². The maximum atomic E-state index is 11.9. The van der Waals surface area contributed by atoms with Crippen molar-refractivity contribution in [1.82, 2.24) is 4.90 Å². The van der Waals surface area contributed by atoms with Crippen LogP contribution < -0.4 is 4.74 Å². The van der Waals surface area contributed by atoms with Gasteiger partial charge in [-0.2, -0.15) is 0 Å². The monoisotopic (exact) mass is 303 g/mol. The molecule has 1 saturated heterocycles. The van der Waals surface area contributed by atoms with Gasteiger partial charge in [-0.1, -0.05) is 18.2 Å². The molecule has 1 aliphatic rings. The molecule has 2 rings (SSSR count). The van der Waals surface area contributed by atoms with Gasteiger partial charge in [0, 0.05) is 24.7 Å². The number of para-hydroxylation sites is 1. The highest BCUT2D eigenvalue weighted by Crippen LogP contribution is 2.18. The molecule has 118 valence electrons. The Hall–Kier alpha value is -2.30. The second kappa shape index (κ2) is 8.22. The Balaban J connectivity index is 1.82. The number of carbonyl (C=O) groups is 2. The molecule has 1 aliphatic heterocycles. The number of benzene rings is 1. The third-order valence-corrected chi connectivity index (χ3v) is 3.58. The predicted octanol–water partition coefficient (Wildman–Crippen LogP) is 2.26. The molecule has 0 aromatic heterocycles. The highest BCUT2D eigenvalue weighted by Gasteiger charge is 2.17. The van der Waals surface area contributed by atoms with Gasteiger partial charge in [0.2, 0.25) is 0 Å². The fraction of sp³-hybridized carbons (Fsp3) is 0.412. The van der Waals surface area contributed by atoms with E-state index in [4.69, 9.17) is 9.47 Å². The predicted molar refractivity (Wildman–Crippen MR) is 83.4 cm³/mol. The van der Waals surface area contributed by atoms with Crippen molar-refractivity contribution >= 4 is 18.0 Å². The fourth-order valence-electron chi connectivity index (χ4n) is 2.38. The zero-order valence-corrected chi connectivity index (χ0v) is 12.8. The molecule has 0 aliphatic carbocycles. The van der Waals surface area contributed by atoms with Crippen LogP contribution in [0, 0.1) is 0 Å². The van der Waals surface area contributed by atoms with Crippen LogP contribution in [0.5, 0.6) is 5.75 Å². The first-order valence-electron chi connectivity index (χ1n) is 7.46. The van der Waals surface area contributed by atoms with Gasteiger partial charge in [-0.05, 0) is 31.4 Å². The van der Waals surface area contributed by atoms with E-state index in [9.17, 15) is 9.59 Å². The number of carbonyl (C=O) groups excluding carboxylic acids is 2. The number of methoxy groups -OCH3 is 1. The van der Waals surface area contributed by atoms with Crippen LogP contribution in [-0.2, 0) is 14.3 Å². The number of esters is 1. The third-order valence-electron chi connectivity index (χ3n) is 3.58. The van der Waals surface area contributed by atoms with Crippen molar-refractivity contribution in [2.45, 2.75) is 19.3 Å². The van der Waals surface area contributed by atoms with E-state index in [1.807, 2.05) is 24.3 Å². The minimum Gasteiger partial charge on any atom is -0.496 e. The Kier molecular flexibility index (Phi) is 6.01. The number of nitrogens with zero attached hydrogens (tertiary/aromatic N) is 1. The Morgan fingerprint density at radius 1 is 1.18 bits per heavy atom. The number of ether oxygens (including phenoxy) is 2. The van der Waals surface area contributed by atoms with Crippen LogP contribution in [0.15, 0.2) is 30.3 Å². The summed E-state index contributed by atoms with van der Waals surface area (Å²) in [6.45, 7) is 1.32. The van der Waals surface area contributed by atoms with Gasteiger partial charge in [0.25, 0.3) is 5.91 Å².